The number of nitrogens with zero attached hydrogens (tertiary/aromatic N) is 1. The number of nitrogens with one attached hydrogen (secondary N) is 1. The highest BCUT2D eigenvalue weighted by Crippen LogP contribution is 2.25. The van der Waals surface area contributed by atoms with Crippen molar-refractivity contribution in [2.75, 3.05) is 6.61 Å². The van der Waals surface area contributed by atoms with Gasteiger partial charge in [0.05, 0.1) is 0 Å². The van der Waals surface area contributed by atoms with Crippen LogP contribution in [0, 0.1) is 0 Å². The number of amidine groups is 1. The third kappa shape index (κ3) is 3.03. The van der Waals surface area contributed by atoms with E-state index >= 15 is 0 Å². The van der Waals surface area contributed by atoms with E-state index in [0.29, 0.717) is 11.7 Å². The Labute approximate surface area is 117 Å². The molecule has 0 bridgehead atoms. The van der Waals surface area contributed by atoms with Gasteiger partial charge in [0.15, 0.2) is 11.9 Å². The van der Waals surface area contributed by atoms with Crippen molar-refractivity contribution < 1.29 is 14.3 Å². The highest BCUT2D eigenvalue weighted by atomic mass is 16.5. The van der Waals surface area contributed by atoms with Crippen LogP contribution in [-0.2, 0) is 9.59 Å². The molecule has 0 aliphatic carbocycles. The van der Waals surface area contributed by atoms with Gasteiger partial charge in [0.2, 0.25) is 0 Å². The summed E-state index contributed by atoms with van der Waals surface area (Å²) in [5.74, 6) is -0.00333. The SMILES string of the molecule is CC(C)c1ccccc1OCC1=NC(=O)C(N)C(=O)N1. The van der Waals surface area contributed by atoms with E-state index in [4.69, 9.17) is 10.5 Å². The molecular weight excluding hydrogens is 258 g/mol. The highest BCUT2D eigenvalue weighted by Gasteiger charge is 2.28. The summed E-state index contributed by atoms with van der Waals surface area (Å²) in [6, 6.07) is 6.40. The zero-order chi connectivity index (χ0) is 14.7. The van der Waals surface area contributed by atoms with Crippen LogP contribution in [0.2, 0.25) is 0 Å². The number of amides is 2. The Bertz CT molecular complexity index is 567. The summed E-state index contributed by atoms with van der Waals surface area (Å²) >= 11 is 0. The van der Waals surface area contributed by atoms with Crippen molar-refractivity contribution in [3.63, 3.8) is 0 Å². The van der Waals surface area contributed by atoms with Crippen molar-refractivity contribution in [2.24, 2.45) is 10.7 Å². The van der Waals surface area contributed by atoms with Crippen molar-refractivity contribution in [1.82, 2.24) is 5.32 Å². The van der Waals surface area contributed by atoms with Crippen LogP contribution in [0.5, 0.6) is 5.75 Å². The smallest absolute Gasteiger partial charge is 0.274 e. The van der Waals surface area contributed by atoms with Crippen molar-refractivity contribution in [1.29, 1.82) is 0 Å². The lowest BCUT2D eigenvalue weighted by Crippen LogP contribution is -2.53. The van der Waals surface area contributed by atoms with Gasteiger partial charge in [-0.15, -0.1) is 0 Å². The molecule has 6 heteroatoms. The van der Waals surface area contributed by atoms with E-state index < -0.39 is 17.9 Å². The first-order valence-electron chi connectivity index (χ1n) is 6.38. The summed E-state index contributed by atoms with van der Waals surface area (Å²) < 4.78 is 5.63. The number of para-hydroxylation sites is 1. The molecule has 0 radical (unpaired) electrons. The Morgan fingerprint density at radius 2 is 2.05 bits per heavy atom. The van der Waals surface area contributed by atoms with E-state index in [0.717, 1.165) is 5.56 Å². The summed E-state index contributed by atoms with van der Waals surface area (Å²) in [6.45, 7) is 4.14. The first-order valence-corrected chi connectivity index (χ1v) is 6.38. The monoisotopic (exact) mass is 275 g/mol. The normalized spacial score (nSPS) is 18.8. The highest BCUT2D eigenvalue weighted by molar-refractivity contribution is 6.18. The lowest BCUT2D eigenvalue weighted by Gasteiger charge is -2.18. The Morgan fingerprint density at radius 3 is 2.70 bits per heavy atom. The molecule has 1 aromatic rings. The second-order valence-corrected chi connectivity index (χ2v) is 4.84. The molecule has 1 aliphatic rings. The van der Waals surface area contributed by atoms with Crippen molar-refractivity contribution in [3.05, 3.63) is 29.8 Å². The molecule has 0 fully saturated rings. The molecule has 106 valence electrons. The molecule has 1 aromatic carbocycles. The number of benzene rings is 1. The molecule has 0 saturated heterocycles. The maximum absolute atomic E-state index is 11.4. The van der Waals surface area contributed by atoms with Gasteiger partial charge in [-0.25, -0.2) is 0 Å². The Kier molecular flexibility index (Phi) is 4.14. The molecule has 3 N–H and O–H groups in total. The average Bonchev–Trinajstić information content (AvgIpc) is 2.42. The minimum Gasteiger partial charge on any atom is -0.485 e. The van der Waals surface area contributed by atoms with E-state index in [9.17, 15) is 9.59 Å². The molecule has 20 heavy (non-hydrogen) atoms. The maximum atomic E-state index is 11.4. The lowest BCUT2D eigenvalue weighted by molar-refractivity contribution is -0.129. The first-order chi connectivity index (χ1) is 9.49. The minimum absolute atomic E-state index is 0.0218. The Balaban J connectivity index is 2.08. The van der Waals surface area contributed by atoms with Crippen LogP contribution in [0.3, 0.4) is 0 Å². The van der Waals surface area contributed by atoms with E-state index in [1.54, 1.807) is 0 Å². The zero-order valence-corrected chi connectivity index (χ0v) is 11.4. The first kappa shape index (κ1) is 14.2. The quantitative estimate of drug-likeness (QED) is 0.786. The topological polar surface area (TPSA) is 93.8 Å². The number of hydrogen-bond donors (Lipinski definition) is 2. The largest absolute Gasteiger partial charge is 0.485 e. The molecule has 1 unspecified atom stereocenters. The summed E-state index contributed by atoms with van der Waals surface area (Å²) in [5.41, 5.74) is 6.40. The van der Waals surface area contributed by atoms with Gasteiger partial charge >= 0.3 is 0 Å². The van der Waals surface area contributed by atoms with Crippen LogP contribution >= 0.6 is 0 Å². The minimum atomic E-state index is -1.22. The van der Waals surface area contributed by atoms with Gasteiger partial charge in [0.25, 0.3) is 11.8 Å². The zero-order valence-electron chi connectivity index (χ0n) is 11.4. The van der Waals surface area contributed by atoms with Gasteiger partial charge in [-0.2, -0.15) is 4.99 Å². The lowest BCUT2D eigenvalue weighted by atomic mass is 10.0. The predicted octanol–water partition coefficient (Wildman–Crippen LogP) is 0.571. The van der Waals surface area contributed by atoms with E-state index in [2.05, 4.69) is 24.2 Å². The fraction of sp³-hybridized carbons (Fsp3) is 0.357. The van der Waals surface area contributed by atoms with E-state index in [-0.39, 0.29) is 12.4 Å². The van der Waals surface area contributed by atoms with Crippen molar-refractivity contribution in [2.45, 2.75) is 25.8 Å². The number of ether oxygens (including phenoxy) is 1. The van der Waals surface area contributed by atoms with Crippen LogP contribution in [0.15, 0.2) is 29.3 Å². The van der Waals surface area contributed by atoms with Crippen molar-refractivity contribution in [3.8, 4) is 5.75 Å². The van der Waals surface area contributed by atoms with Gasteiger partial charge in [-0.1, -0.05) is 32.0 Å². The molecule has 1 atom stereocenters. The summed E-state index contributed by atoms with van der Waals surface area (Å²) in [7, 11) is 0. The van der Waals surface area contributed by atoms with Crippen molar-refractivity contribution >= 4 is 17.6 Å². The average molecular weight is 275 g/mol. The molecule has 1 heterocycles. The Hall–Kier alpha value is -2.21. The van der Waals surface area contributed by atoms with E-state index in [1.165, 1.54) is 0 Å². The number of rotatable bonds is 4. The molecule has 2 amide bonds. The number of nitrogens with two attached hydrogens (primary N) is 1. The van der Waals surface area contributed by atoms with Crippen LogP contribution in [0.4, 0.5) is 0 Å². The summed E-state index contributed by atoms with van der Waals surface area (Å²) in [4.78, 5) is 26.5. The third-order valence-corrected chi connectivity index (χ3v) is 2.97. The van der Waals surface area contributed by atoms with Crippen LogP contribution in [-0.4, -0.2) is 30.3 Å². The van der Waals surface area contributed by atoms with Gasteiger partial charge in [0, 0.05) is 0 Å². The molecule has 0 aromatic heterocycles. The fourth-order valence-corrected chi connectivity index (χ4v) is 1.87. The molecule has 2 rings (SSSR count). The van der Waals surface area contributed by atoms with Gasteiger partial charge in [0.1, 0.15) is 12.4 Å². The maximum Gasteiger partial charge on any atom is 0.274 e. The van der Waals surface area contributed by atoms with Gasteiger partial charge in [-0.3, -0.25) is 9.59 Å². The van der Waals surface area contributed by atoms with Crippen LogP contribution < -0.4 is 15.8 Å². The second kappa shape index (κ2) is 5.83. The van der Waals surface area contributed by atoms with Crippen LogP contribution in [0.25, 0.3) is 0 Å². The molecule has 6 nitrogen and oxygen atoms in total. The molecular formula is C14H17N3O3. The standard InChI is InChI=1S/C14H17N3O3/c1-8(2)9-5-3-4-6-10(9)20-7-11-16-13(18)12(15)14(19)17-11/h3-6,8,12H,7,15H2,1-2H3,(H,16,17,18,19). The fourth-order valence-electron chi connectivity index (χ4n) is 1.87. The van der Waals surface area contributed by atoms with Crippen LogP contribution in [0.1, 0.15) is 25.3 Å². The second-order valence-electron chi connectivity index (χ2n) is 4.84. The number of hydrogen-bond acceptors (Lipinski definition) is 4. The molecule has 0 spiro atoms. The number of carbonyl (C=O) groups is 2. The predicted molar refractivity (Wildman–Crippen MR) is 74.6 cm³/mol. The van der Waals surface area contributed by atoms with E-state index in [1.807, 2.05) is 24.3 Å². The molecule has 0 saturated carbocycles. The van der Waals surface area contributed by atoms with Gasteiger partial charge < -0.3 is 15.8 Å². The summed E-state index contributed by atoms with van der Waals surface area (Å²) in [6.07, 6.45) is 0. The molecule has 1 aliphatic heterocycles. The Morgan fingerprint density at radius 1 is 1.35 bits per heavy atom. The van der Waals surface area contributed by atoms with Gasteiger partial charge in [-0.05, 0) is 17.5 Å². The number of aliphatic imine (C=N–C) groups is 1. The summed E-state index contributed by atoms with van der Waals surface area (Å²) in [5, 5.41) is 2.46. The third-order valence-electron chi connectivity index (χ3n) is 2.97. The number of carbonyl (C=O) groups excluding carboxylic acids is 2.